The van der Waals surface area contributed by atoms with E-state index < -0.39 is 34.0 Å². The number of imidazole rings is 1. The van der Waals surface area contributed by atoms with Crippen molar-refractivity contribution in [3.05, 3.63) is 166 Å². The van der Waals surface area contributed by atoms with Gasteiger partial charge in [-0.05, 0) is 138 Å². The van der Waals surface area contributed by atoms with Crippen molar-refractivity contribution >= 4 is 11.0 Å². The van der Waals surface area contributed by atoms with Crippen molar-refractivity contribution in [1.82, 2.24) is 4.57 Å². The van der Waals surface area contributed by atoms with E-state index >= 15 is 0 Å². The van der Waals surface area contributed by atoms with E-state index in [0.717, 1.165) is 78.2 Å². The average molecular weight is 932 g/mol. The van der Waals surface area contributed by atoms with Gasteiger partial charge in [-0.3, -0.25) is 0 Å². The third-order valence-corrected chi connectivity index (χ3v) is 15.0. The van der Waals surface area contributed by atoms with Crippen LogP contribution >= 0.6 is 0 Å². The number of rotatable bonds is 5. The van der Waals surface area contributed by atoms with E-state index in [9.17, 15) is 11.0 Å². The van der Waals surface area contributed by atoms with Gasteiger partial charge in [-0.1, -0.05) is 171 Å². The summed E-state index contributed by atoms with van der Waals surface area (Å²) in [7, 11) is 0. The van der Waals surface area contributed by atoms with Crippen molar-refractivity contribution in [2.45, 2.75) is 157 Å². The van der Waals surface area contributed by atoms with Gasteiger partial charge in [-0.2, -0.15) is 4.57 Å². The SMILES string of the molecule is [2H]c1c([2H])c(C(C)(C)C)c([2H])c([2H])c1-c1c([2H])c([2H])[n+]2c(c1[2H])-c1cc(C(C)(C)C)cc3c1C21Oc2c(cc(C(C)(C)C)cc2C(C)(C)C)-c2n(-c4ccc(-c5c(C(C)C)cccc5C([2H])(C)C)cc4C)c4cccc-3c4[n+]21. The molecule has 8 aromatic rings. The number of benzene rings is 6. The van der Waals surface area contributed by atoms with Crippen LogP contribution in [0, 0.1) is 6.92 Å². The topological polar surface area (TPSA) is 21.9 Å². The lowest BCUT2D eigenvalue weighted by molar-refractivity contribution is -0.997. The van der Waals surface area contributed by atoms with Crippen LogP contribution in [0.15, 0.2) is 121 Å². The van der Waals surface area contributed by atoms with Gasteiger partial charge < -0.3 is 4.74 Å². The molecule has 6 aromatic carbocycles. The molecule has 11 rings (SSSR count). The normalized spacial score (nSPS) is 17.7. The van der Waals surface area contributed by atoms with Crippen LogP contribution < -0.4 is 13.9 Å². The lowest BCUT2D eigenvalue weighted by Gasteiger charge is -2.36. The van der Waals surface area contributed by atoms with Crippen LogP contribution in [0.2, 0.25) is 0 Å². The third-order valence-electron chi connectivity index (χ3n) is 15.0. The predicted molar refractivity (Wildman–Crippen MR) is 292 cm³/mol. The van der Waals surface area contributed by atoms with Gasteiger partial charge in [-0.25, -0.2) is 0 Å². The Bertz CT molecular complexity index is 3950. The van der Waals surface area contributed by atoms with Gasteiger partial charge in [0, 0.05) is 30.1 Å². The quantitative estimate of drug-likeness (QED) is 0.158. The number of aromatic nitrogens is 3. The van der Waals surface area contributed by atoms with E-state index in [0.29, 0.717) is 22.6 Å². The molecule has 3 aliphatic heterocycles. The zero-order valence-electron chi connectivity index (χ0n) is 52.3. The van der Waals surface area contributed by atoms with Crippen LogP contribution in [0.5, 0.6) is 5.75 Å². The van der Waals surface area contributed by atoms with E-state index in [1.54, 1.807) is 4.57 Å². The Hall–Kier alpha value is -6.26. The number of hydrogen-bond acceptors (Lipinski definition) is 1. The van der Waals surface area contributed by atoms with Crippen molar-refractivity contribution in [1.29, 1.82) is 0 Å². The maximum Gasteiger partial charge on any atom is 0.499 e. The van der Waals surface area contributed by atoms with Crippen molar-refractivity contribution in [3.8, 4) is 67.5 Å². The molecule has 1 spiro atoms. The number of pyridine rings is 1. The van der Waals surface area contributed by atoms with Crippen LogP contribution in [0.3, 0.4) is 0 Å². The summed E-state index contributed by atoms with van der Waals surface area (Å²) >= 11 is 0. The first-order valence-electron chi connectivity index (χ1n) is 29.1. The van der Waals surface area contributed by atoms with E-state index in [1.807, 2.05) is 34.6 Å². The molecule has 0 saturated carbocycles. The molecule has 4 nitrogen and oxygen atoms in total. The number of hydrogen-bond donors (Lipinski definition) is 0. The lowest BCUT2D eigenvalue weighted by atomic mass is 9.78. The van der Waals surface area contributed by atoms with E-state index in [2.05, 4.69) is 171 Å². The van der Waals surface area contributed by atoms with E-state index in [4.69, 9.17) is 4.74 Å². The molecule has 0 bridgehead atoms. The van der Waals surface area contributed by atoms with E-state index in [-0.39, 0.29) is 64.4 Å². The molecule has 4 heteroatoms. The number of ether oxygens (including phenoxy) is 1. The van der Waals surface area contributed by atoms with Gasteiger partial charge >= 0.3 is 11.7 Å². The highest BCUT2D eigenvalue weighted by molar-refractivity contribution is 5.98. The lowest BCUT2D eigenvalue weighted by Crippen LogP contribution is -2.78. The molecule has 0 aliphatic carbocycles. The maximum atomic E-state index is 10.5. The molecule has 1 atom stereocenters. The fraction of sp³-hybridized carbons (Fsp3) is 0.364. The predicted octanol–water partition coefficient (Wildman–Crippen LogP) is 16.5. The molecular weight excluding hydrogens is 851 g/mol. The molecule has 0 amide bonds. The van der Waals surface area contributed by atoms with Gasteiger partial charge in [0.1, 0.15) is 18.2 Å². The summed E-state index contributed by atoms with van der Waals surface area (Å²) in [6, 6.07) is 26.5. The largest absolute Gasteiger partial charge is 0.499 e. The Kier molecular flexibility index (Phi) is 8.11. The summed E-state index contributed by atoms with van der Waals surface area (Å²) in [5.74, 6) is -0.946. The zero-order chi connectivity index (χ0) is 57.0. The Balaban J connectivity index is 1.34. The highest BCUT2D eigenvalue weighted by Gasteiger charge is 2.69. The van der Waals surface area contributed by atoms with E-state index in [1.165, 1.54) is 5.56 Å². The Labute approximate surface area is 429 Å². The molecule has 0 saturated heterocycles. The minimum atomic E-state index is -1.73. The molecule has 5 heterocycles. The first kappa shape index (κ1) is 37.6. The first-order chi connectivity index (χ1) is 36.0. The molecule has 70 heavy (non-hydrogen) atoms. The molecule has 0 N–H and O–H groups in total. The molecule has 1 unspecified atom stereocenters. The minimum absolute atomic E-state index is 0.132. The second-order valence-corrected chi connectivity index (χ2v) is 24.8. The highest BCUT2D eigenvalue weighted by atomic mass is 16.5. The summed E-state index contributed by atoms with van der Waals surface area (Å²) in [5.41, 5.74) is 13.4. The Morgan fingerprint density at radius 1 is 0.614 bits per heavy atom. The number of para-hydroxylation sites is 1. The van der Waals surface area contributed by atoms with Crippen molar-refractivity contribution in [2.24, 2.45) is 0 Å². The van der Waals surface area contributed by atoms with Crippen LogP contribution in [0.1, 0.15) is 178 Å². The summed E-state index contributed by atoms with van der Waals surface area (Å²) in [6.07, 6.45) is -0.296. The number of aryl methyl sites for hydroxylation is 1. The Morgan fingerprint density at radius 2 is 1.24 bits per heavy atom. The van der Waals surface area contributed by atoms with Gasteiger partial charge in [0.2, 0.25) is 5.69 Å². The van der Waals surface area contributed by atoms with Crippen LogP contribution in [0.25, 0.3) is 72.7 Å². The Morgan fingerprint density at radius 3 is 1.87 bits per heavy atom. The van der Waals surface area contributed by atoms with Gasteiger partial charge in [0.15, 0.2) is 23.0 Å². The van der Waals surface area contributed by atoms with Crippen LogP contribution in [0.4, 0.5) is 0 Å². The highest BCUT2D eigenvalue weighted by Crippen LogP contribution is 2.56. The van der Waals surface area contributed by atoms with Crippen LogP contribution in [-0.2, 0) is 27.5 Å². The second-order valence-electron chi connectivity index (χ2n) is 24.8. The summed E-state index contributed by atoms with van der Waals surface area (Å²) in [4.78, 5) is 0. The van der Waals surface area contributed by atoms with Crippen molar-refractivity contribution < 1.29 is 24.8 Å². The van der Waals surface area contributed by atoms with Gasteiger partial charge in [0.25, 0.3) is 0 Å². The molecule has 0 radical (unpaired) electrons. The molecule has 3 aliphatic rings. The monoisotopic (exact) mass is 932 g/mol. The molecule has 356 valence electrons. The fourth-order valence-electron chi connectivity index (χ4n) is 11.2. The second kappa shape index (κ2) is 15.1. The first-order valence-corrected chi connectivity index (χ1v) is 25.1. The fourth-order valence-corrected chi connectivity index (χ4v) is 11.2. The standard InChI is InChI=1S/C66H73N3O/c1-38(2)47-20-18-21-48(39(3)4)57(47)43-26-29-54(40(5)32-43)68-55-23-19-22-49-50-34-45(63(9,10)11)35-51-56-33-42(41-24-27-44(28-25-41)62(6,7)8)30-31-67(56)66(58(50)51)69(59(49)55)61(68)52-36-46(64(12,13)14)37-53(60(52)70-66)65(15,16)17/h18-39H,1-17H3/q+2/i24D,25D,27D,28D,30D,31D,33D,38D. The number of nitrogens with zero attached hydrogens (tertiary/aromatic N) is 3. The summed E-state index contributed by atoms with van der Waals surface area (Å²) < 4.78 is 92.3. The summed E-state index contributed by atoms with van der Waals surface area (Å²) in [5, 5.41) is 0. The zero-order valence-corrected chi connectivity index (χ0v) is 44.3. The molecular formula is C66H73N3O+2. The smallest absolute Gasteiger partial charge is 0.392 e. The molecule has 0 fully saturated rings. The number of fused-ring (bicyclic) bond motifs is 5. The molecule has 2 aromatic heterocycles. The average Bonchev–Trinajstić information content (AvgIpc) is 4.06. The van der Waals surface area contributed by atoms with Crippen LogP contribution in [-0.4, -0.2) is 4.57 Å². The van der Waals surface area contributed by atoms with Gasteiger partial charge in [-0.15, -0.1) is 9.13 Å². The summed E-state index contributed by atoms with van der Waals surface area (Å²) in [6.45, 7) is 35.7. The third kappa shape index (κ3) is 6.67. The minimum Gasteiger partial charge on any atom is -0.392 e. The van der Waals surface area contributed by atoms with Crippen molar-refractivity contribution in [2.75, 3.05) is 0 Å². The maximum absolute atomic E-state index is 10.5. The van der Waals surface area contributed by atoms with Gasteiger partial charge in [0.05, 0.1) is 13.8 Å². The van der Waals surface area contributed by atoms with Crippen molar-refractivity contribution in [3.63, 3.8) is 0 Å².